The number of carboxylic acids is 1. The van der Waals surface area contributed by atoms with Crippen molar-refractivity contribution in [2.24, 2.45) is 23.7 Å². The summed E-state index contributed by atoms with van der Waals surface area (Å²) >= 11 is 0. The Balaban J connectivity index is 1.78. The highest BCUT2D eigenvalue weighted by molar-refractivity contribution is 5.96. The predicted molar refractivity (Wildman–Crippen MR) is 79.2 cm³/mol. The van der Waals surface area contributed by atoms with E-state index in [0.717, 1.165) is 30.6 Å². The molecular weight excluding hydrogens is 282 g/mol. The molecule has 0 heterocycles. The first-order chi connectivity index (χ1) is 10.5. The van der Waals surface area contributed by atoms with Crippen molar-refractivity contribution in [3.63, 3.8) is 0 Å². The molecule has 3 rings (SSSR count). The molecular formula is C17H20NO4-. The number of carboxylic acid groups (broad SMARTS) is 1. The molecule has 2 aliphatic carbocycles. The quantitative estimate of drug-likeness (QED) is 0.910. The molecule has 118 valence electrons. The number of aliphatic carboxylic acids is 1. The molecule has 5 nitrogen and oxygen atoms in total. The van der Waals surface area contributed by atoms with Crippen molar-refractivity contribution >= 4 is 17.6 Å². The summed E-state index contributed by atoms with van der Waals surface area (Å²) in [5.41, 5.74) is 1.59. The first kappa shape index (κ1) is 14.9. The third-order valence-electron chi connectivity index (χ3n) is 5.18. The Labute approximate surface area is 129 Å². The average Bonchev–Trinajstić information content (AvgIpc) is 3.09. The van der Waals surface area contributed by atoms with Gasteiger partial charge < -0.3 is 20.0 Å². The van der Waals surface area contributed by atoms with Crippen LogP contribution >= 0.6 is 0 Å². The van der Waals surface area contributed by atoms with E-state index in [1.54, 1.807) is 19.2 Å². The number of amides is 1. The molecule has 4 atom stereocenters. The number of methoxy groups -OCH3 is 1. The number of hydrogen-bond acceptors (Lipinski definition) is 4. The summed E-state index contributed by atoms with van der Waals surface area (Å²) in [6, 6.07) is 5.40. The number of carbonyl (C=O) groups is 2. The number of ether oxygens (including phenoxy) is 1. The third-order valence-corrected chi connectivity index (χ3v) is 5.18. The van der Waals surface area contributed by atoms with Gasteiger partial charge >= 0.3 is 0 Å². The predicted octanol–water partition coefficient (Wildman–Crippen LogP) is 1.35. The number of anilines is 1. The topological polar surface area (TPSA) is 78.5 Å². The van der Waals surface area contributed by atoms with Crippen LogP contribution in [0.3, 0.4) is 0 Å². The van der Waals surface area contributed by atoms with E-state index in [9.17, 15) is 14.7 Å². The number of carbonyl (C=O) groups excluding carboxylic acids is 2. The largest absolute Gasteiger partial charge is 0.550 e. The second kappa shape index (κ2) is 5.63. The van der Waals surface area contributed by atoms with Gasteiger partial charge in [0.15, 0.2) is 0 Å². The second-order valence-corrected chi connectivity index (χ2v) is 6.37. The van der Waals surface area contributed by atoms with Crippen molar-refractivity contribution in [2.75, 3.05) is 12.4 Å². The van der Waals surface area contributed by atoms with Gasteiger partial charge in [-0.1, -0.05) is 0 Å². The van der Waals surface area contributed by atoms with Crippen LogP contribution in [0.1, 0.15) is 24.8 Å². The molecule has 1 amide bonds. The highest BCUT2D eigenvalue weighted by Gasteiger charge is 2.51. The van der Waals surface area contributed by atoms with E-state index in [0.29, 0.717) is 5.69 Å². The van der Waals surface area contributed by atoms with E-state index < -0.39 is 17.8 Å². The van der Waals surface area contributed by atoms with E-state index in [1.165, 1.54) is 0 Å². The lowest BCUT2D eigenvalue weighted by Gasteiger charge is -2.30. The Bertz CT molecular complexity index is 613. The Hall–Kier alpha value is -2.04. The summed E-state index contributed by atoms with van der Waals surface area (Å²) in [7, 11) is 1.59. The molecule has 0 aromatic heterocycles. The molecule has 5 heteroatoms. The molecule has 2 saturated carbocycles. The van der Waals surface area contributed by atoms with Gasteiger partial charge in [0, 0.05) is 23.5 Å². The fourth-order valence-electron chi connectivity index (χ4n) is 4.13. The molecule has 22 heavy (non-hydrogen) atoms. The molecule has 2 bridgehead atoms. The van der Waals surface area contributed by atoms with Gasteiger partial charge in [-0.25, -0.2) is 0 Å². The molecule has 1 N–H and O–H groups in total. The zero-order valence-corrected chi connectivity index (χ0v) is 12.8. The molecule has 2 aliphatic rings. The van der Waals surface area contributed by atoms with Crippen LogP contribution in [0.25, 0.3) is 0 Å². The van der Waals surface area contributed by atoms with E-state index >= 15 is 0 Å². The van der Waals surface area contributed by atoms with E-state index in [4.69, 9.17) is 4.74 Å². The van der Waals surface area contributed by atoms with Gasteiger partial charge in [-0.05, 0) is 61.8 Å². The van der Waals surface area contributed by atoms with Crippen LogP contribution in [0.4, 0.5) is 5.69 Å². The Morgan fingerprint density at radius 3 is 2.50 bits per heavy atom. The molecule has 1 aromatic carbocycles. The summed E-state index contributed by atoms with van der Waals surface area (Å²) in [5, 5.41) is 14.3. The Kier molecular flexibility index (Phi) is 3.81. The minimum absolute atomic E-state index is 0.0997. The van der Waals surface area contributed by atoms with Gasteiger partial charge in [0.25, 0.3) is 0 Å². The van der Waals surface area contributed by atoms with Crippen molar-refractivity contribution in [2.45, 2.75) is 26.2 Å². The van der Waals surface area contributed by atoms with Gasteiger partial charge in [0.05, 0.1) is 7.11 Å². The molecule has 2 fully saturated rings. The Morgan fingerprint density at radius 2 is 1.91 bits per heavy atom. The monoisotopic (exact) mass is 302 g/mol. The normalized spacial score (nSPS) is 29.4. The third kappa shape index (κ3) is 2.45. The average molecular weight is 302 g/mol. The Morgan fingerprint density at radius 1 is 1.23 bits per heavy atom. The van der Waals surface area contributed by atoms with Gasteiger partial charge in [0.1, 0.15) is 5.75 Å². The van der Waals surface area contributed by atoms with Gasteiger partial charge in [-0.3, -0.25) is 4.79 Å². The first-order valence-corrected chi connectivity index (χ1v) is 7.67. The summed E-state index contributed by atoms with van der Waals surface area (Å²) in [5.74, 6) is -1.40. The van der Waals surface area contributed by atoms with Crippen LogP contribution in [-0.4, -0.2) is 19.0 Å². The summed E-state index contributed by atoms with van der Waals surface area (Å²) < 4.78 is 5.14. The van der Waals surface area contributed by atoms with Gasteiger partial charge in [-0.2, -0.15) is 0 Å². The standard InChI is InChI=1S/C17H21NO4/c1-9-7-12(22-2)5-6-13(9)18-16(19)14-10-3-4-11(8-10)15(14)17(20)21/h5-7,10-11,14-15H,3-4,8H2,1-2H3,(H,18,19)(H,20,21)/p-1/t10-,11+,14+,15+/m1/s1. The molecule has 0 saturated heterocycles. The lowest BCUT2D eigenvalue weighted by molar-refractivity contribution is -0.314. The SMILES string of the molecule is COc1ccc(NC(=O)[C@H]2[C@@H]3CC[C@@H](C3)[C@@H]2C(=O)[O-])c(C)c1. The van der Waals surface area contributed by atoms with Crippen molar-refractivity contribution in [1.82, 2.24) is 0 Å². The van der Waals surface area contributed by atoms with E-state index in [-0.39, 0.29) is 17.7 Å². The molecule has 1 aromatic rings. The number of nitrogens with one attached hydrogen (secondary N) is 1. The molecule has 0 spiro atoms. The minimum Gasteiger partial charge on any atom is -0.550 e. The number of hydrogen-bond donors (Lipinski definition) is 1. The first-order valence-electron chi connectivity index (χ1n) is 7.67. The number of fused-ring (bicyclic) bond motifs is 2. The van der Waals surface area contributed by atoms with E-state index in [2.05, 4.69) is 5.32 Å². The number of benzene rings is 1. The molecule has 0 aliphatic heterocycles. The smallest absolute Gasteiger partial charge is 0.228 e. The van der Waals surface area contributed by atoms with Crippen LogP contribution in [0.5, 0.6) is 5.75 Å². The highest BCUT2D eigenvalue weighted by Crippen LogP contribution is 2.52. The van der Waals surface area contributed by atoms with Crippen LogP contribution in [0.15, 0.2) is 18.2 Å². The maximum Gasteiger partial charge on any atom is 0.228 e. The van der Waals surface area contributed by atoms with Crippen molar-refractivity contribution in [1.29, 1.82) is 0 Å². The van der Waals surface area contributed by atoms with Crippen LogP contribution < -0.4 is 15.2 Å². The lowest BCUT2D eigenvalue weighted by Crippen LogP contribution is -2.44. The van der Waals surface area contributed by atoms with Gasteiger partial charge in [0.2, 0.25) is 5.91 Å². The maximum atomic E-state index is 12.6. The summed E-state index contributed by atoms with van der Waals surface area (Å²) in [6.07, 6.45) is 2.67. The number of aryl methyl sites for hydroxylation is 1. The minimum atomic E-state index is -1.08. The highest BCUT2D eigenvalue weighted by atomic mass is 16.5. The number of rotatable bonds is 4. The van der Waals surface area contributed by atoms with Crippen LogP contribution in [-0.2, 0) is 9.59 Å². The van der Waals surface area contributed by atoms with Gasteiger partial charge in [-0.15, -0.1) is 0 Å². The van der Waals surface area contributed by atoms with Crippen molar-refractivity contribution in [3.8, 4) is 5.75 Å². The maximum absolute atomic E-state index is 12.6. The zero-order chi connectivity index (χ0) is 15.9. The summed E-state index contributed by atoms with van der Waals surface area (Å²) in [4.78, 5) is 24.0. The van der Waals surface area contributed by atoms with Crippen LogP contribution in [0, 0.1) is 30.6 Å². The molecule has 0 radical (unpaired) electrons. The second-order valence-electron chi connectivity index (χ2n) is 6.37. The van der Waals surface area contributed by atoms with E-state index in [1.807, 2.05) is 13.0 Å². The van der Waals surface area contributed by atoms with Crippen LogP contribution in [0.2, 0.25) is 0 Å². The fourth-order valence-corrected chi connectivity index (χ4v) is 4.13. The van der Waals surface area contributed by atoms with Crippen molar-refractivity contribution < 1.29 is 19.4 Å². The fraction of sp³-hybridized carbons (Fsp3) is 0.529. The zero-order valence-electron chi connectivity index (χ0n) is 12.8. The lowest BCUT2D eigenvalue weighted by atomic mass is 9.78. The van der Waals surface area contributed by atoms with Crippen molar-refractivity contribution in [3.05, 3.63) is 23.8 Å². The summed E-state index contributed by atoms with van der Waals surface area (Å²) in [6.45, 7) is 1.88. The molecule has 0 unspecified atom stereocenters.